The molecule has 2 N–H and O–H groups in total. The summed E-state index contributed by atoms with van der Waals surface area (Å²) < 4.78 is 5.52. The van der Waals surface area contributed by atoms with Crippen molar-refractivity contribution < 1.29 is 9.53 Å². The fourth-order valence-corrected chi connectivity index (χ4v) is 4.68. The number of hydrogen-bond donors (Lipinski definition) is 2. The van der Waals surface area contributed by atoms with Crippen LogP contribution in [-0.4, -0.2) is 43.7 Å². The molecule has 0 saturated carbocycles. The summed E-state index contributed by atoms with van der Waals surface area (Å²) in [6.45, 7) is 5.08. The van der Waals surface area contributed by atoms with E-state index in [9.17, 15) is 4.79 Å². The van der Waals surface area contributed by atoms with Crippen molar-refractivity contribution in [2.24, 2.45) is 0 Å². The third-order valence-electron chi connectivity index (χ3n) is 5.32. The summed E-state index contributed by atoms with van der Waals surface area (Å²) in [4.78, 5) is 16.3. The first-order chi connectivity index (χ1) is 15.2. The Balaban J connectivity index is 1.35. The Hall–Kier alpha value is -2.22. The van der Waals surface area contributed by atoms with Crippen molar-refractivity contribution in [2.45, 2.75) is 12.6 Å². The van der Waals surface area contributed by atoms with Gasteiger partial charge in [-0.2, -0.15) is 0 Å². The van der Waals surface area contributed by atoms with E-state index >= 15 is 0 Å². The van der Waals surface area contributed by atoms with Crippen LogP contribution >= 0.6 is 22.9 Å². The molecule has 5 nitrogen and oxygen atoms in total. The van der Waals surface area contributed by atoms with Gasteiger partial charge in [-0.3, -0.25) is 9.69 Å². The van der Waals surface area contributed by atoms with Crippen molar-refractivity contribution in [1.29, 1.82) is 0 Å². The van der Waals surface area contributed by atoms with E-state index in [-0.39, 0.29) is 5.91 Å². The second kappa shape index (κ2) is 10.9. The molecule has 1 aromatic heterocycles. The molecule has 1 aliphatic heterocycles. The van der Waals surface area contributed by atoms with E-state index in [2.05, 4.69) is 39.1 Å². The number of ether oxygens (including phenoxy) is 1. The minimum Gasteiger partial charge on any atom is -0.379 e. The van der Waals surface area contributed by atoms with Crippen molar-refractivity contribution in [1.82, 2.24) is 10.2 Å². The summed E-state index contributed by atoms with van der Waals surface area (Å²) in [6, 6.07) is 19.5. The van der Waals surface area contributed by atoms with Crippen molar-refractivity contribution >= 4 is 34.5 Å². The van der Waals surface area contributed by atoms with Gasteiger partial charge in [0.2, 0.25) is 0 Å². The van der Waals surface area contributed by atoms with Crippen LogP contribution in [0.25, 0.3) is 0 Å². The molecule has 0 aliphatic carbocycles. The van der Waals surface area contributed by atoms with Crippen LogP contribution in [0.5, 0.6) is 0 Å². The van der Waals surface area contributed by atoms with Crippen molar-refractivity contribution in [3.05, 3.63) is 87.1 Å². The van der Waals surface area contributed by atoms with E-state index < -0.39 is 0 Å². The molecule has 2 heterocycles. The van der Waals surface area contributed by atoms with Gasteiger partial charge in [0.05, 0.1) is 19.3 Å². The van der Waals surface area contributed by atoms with Gasteiger partial charge >= 0.3 is 0 Å². The SMILES string of the molecule is O=C(Nc1cccc(CNCC(c2cccs2)N2CCOCC2)c1)c1ccc(Cl)cc1. The van der Waals surface area contributed by atoms with Gasteiger partial charge in [-0.25, -0.2) is 0 Å². The number of amides is 1. The molecule has 4 rings (SSSR count). The third kappa shape index (κ3) is 6.15. The number of rotatable bonds is 8. The molecule has 1 saturated heterocycles. The number of nitrogens with zero attached hydrogens (tertiary/aromatic N) is 1. The third-order valence-corrected chi connectivity index (χ3v) is 6.54. The molecule has 1 aliphatic rings. The number of halogens is 1. The summed E-state index contributed by atoms with van der Waals surface area (Å²) in [7, 11) is 0. The molecule has 0 radical (unpaired) electrons. The van der Waals surface area contributed by atoms with Gasteiger partial charge in [0.15, 0.2) is 0 Å². The number of benzene rings is 2. The Morgan fingerprint density at radius 3 is 2.65 bits per heavy atom. The molecule has 0 spiro atoms. The van der Waals surface area contributed by atoms with Gasteiger partial charge in [-0.15, -0.1) is 11.3 Å². The molecule has 162 valence electrons. The van der Waals surface area contributed by atoms with Crippen LogP contribution in [0.4, 0.5) is 5.69 Å². The Morgan fingerprint density at radius 1 is 1.10 bits per heavy atom. The average Bonchev–Trinajstić information content (AvgIpc) is 3.32. The van der Waals surface area contributed by atoms with Gasteiger partial charge in [-0.05, 0) is 53.4 Å². The molecule has 7 heteroatoms. The van der Waals surface area contributed by atoms with E-state index in [1.165, 1.54) is 4.88 Å². The van der Waals surface area contributed by atoms with Gasteiger partial charge < -0.3 is 15.4 Å². The summed E-state index contributed by atoms with van der Waals surface area (Å²) in [5.74, 6) is -0.146. The molecule has 2 aromatic carbocycles. The second-order valence-electron chi connectivity index (χ2n) is 7.47. The van der Waals surface area contributed by atoms with Crippen LogP contribution in [0.15, 0.2) is 66.0 Å². The maximum atomic E-state index is 12.5. The highest BCUT2D eigenvalue weighted by Gasteiger charge is 2.23. The molecule has 1 unspecified atom stereocenters. The van der Waals surface area contributed by atoms with E-state index in [0.29, 0.717) is 16.6 Å². The lowest BCUT2D eigenvalue weighted by atomic mass is 10.1. The first kappa shape index (κ1) is 22.0. The van der Waals surface area contributed by atoms with E-state index in [1.54, 1.807) is 35.6 Å². The second-order valence-corrected chi connectivity index (χ2v) is 8.89. The van der Waals surface area contributed by atoms with E-state index in [4.69, 9.17) is 16.3 Å². The predicted octanol–water partition coefficient (Wildman–Crippen LogP) is 4.82. The normalized spacial score (nSPS) is 15.5. The summed E-state index contributed by atoms with van der Waals surface area (Å²) in [5.41, 5.74) is 2.49. The fourth-order valence-electron chi connectivity index (χ4n) is 3.70. The molecule has 31 heavy (non-hydrogen) atoms. The van der Waals surface area contributed by atoms with Crippen LogP contribution in [-0.2, 0) is 11.3 Å². The first-order valence-corrected chi connectivity index (χ1v) is 11.7. The van der Waals surface area contributed by atoms with Gasteiger partial charge in [-0.1, -0.05) is 29.8 Å². The molecule has 1 amide bonds. The van der Waals surface area contributed by atoms with Crippen LogP contribution in [0.2, 0.25) is 5.02 Å². The van der Waals surface area contributed by atoms with Crippen molar-refractivity contribution in [3.63, 3.8) is 0 Å². The Morgan fingerprint density at radius 2 is 1.90 bits per heavy atom. The molecule has 1 atom stereocenters. The lowest BCUT2D eigenvalue weighted by molar-refractivity contribution is 0.0168. The summed E-state index contributed by atoms with van der Waals surface area (Å²) in [5, 5.41) is 9.31. The molecular weight excluding hydrogens is 430 g/mol. The number of morpholine rings is 1. The number of carbonyl (C=O) groups excluding carboxylic acids is 1. The average molecular weight is 456 g/mol. The number of hydrogen-bond acceptors (Lipinski definition) is 5. The van der Waals surface area contributed by atoms with E-state index in [1.807, 2.05) is 18.2 Å². The molecule has 1 fully saturated rings. The number of thiophene rings is 1. The van der Waals surface area contributed by atoms with Gasteiger partial charge in [0.25, 0.3) is 5.91 Å². The number of anilines is 1. The number of nitrogens with one attached hydrogen (secondary N) is 2. The lowest BCUT2D eigenvalue weighted by Gasteiger charge is -2.34. The van der Waals surface area contributed by atoms with E-state index in [0.717, 1.165) is 50.6 Å². The Bertz CT molecular complexity index is 973. The predicted molar refractivity (Wildman–Crippen MR) is 127 cm³/mol. The fraction of sp³-hybridized carbons (Fsp3) is 0.292. The lowest BCUT2D eigenvalue weighted by Crippen LogP contribution is -2.42. The smallest absolute Gasteiger partial charge is 0.255 e. The maximum absolute atomic E-state index is 12.5. The first-order valence-electron chi connectivity index (χ1n) is 10.4. The molecule has 3 aromatic rings. The zero-order valence-corrected chi connectivity index (χ0v) is 18.8. The minimum absolute atomic E-state index is 0.146. The zero-order valence-electron chi connectivity index (χ0n) is 17.2. The minimum atomic E-state index is -0.146. The van der Waals surface area contributed by atoms with Crippen molar-refractivity contribution in [2.75, 3.05) is 38.2 Å². The highest BCUT2D eigenvalue weighted by Crippen LogP contribution is 2.25. The summed E-state index contributed by atoms with van der Waals surface area (Å²) >= 11 is 7.70. The van der Waals surface area contributed by atoms with Gasteiger partial charge in [0.1, 0.15) is 0 Å². The van der Waals surface area contributed by atoms with Crippen LogP contribution < -0.4 is 10.6 Å². The van der Waals surface area contributed by atoms with Crippen molar-refractivity contribution in [3.8, 4) is 0 Å². The summed E-state index contributed by atoms with van der Waals surface area (Å²) in [6.07, 6.45) is 0. The highest BCUT2D eigenvalue weighted by atomic mass is 35.5. The highest BCUT2D eigenvalue weighted by molar-refractivity contribution is 7.10. The maximum Gasteiger partial charge on any atom is 0.255 e. The Labute approximate surface area is 192 Å². The standard InChI is InChI=1S/C24H26ClN3O2S/c25-20-8-6-19(7-9-20)24(29)27-21-4-1-3-18(15-21)16-26-17-22(23-5-2-14-31-23)28-10-12-30-13-11-28/h1-9,14-15,22,26H,10-13,16-17H2,(H,27,29). The van der Waals surface area contributed by atoms with Crippen LogP contribution in [0.3, 0.4) is 0 Å². The Kier molecular flexibility index (Phi) is 7.72. The van der Waals surface area contributed by atoms with Crippen LogP contribution in [0, 0.1) is 0 Å². The van der Waals surface area contributed by atoms with Gasteiger partial charge in [0, 0.05) is 47.3 Å². The zero-order chi connectivity index (χ0) is 21.5. The molecule has 0 bridgehead atoms. The number of carbonyl (C=O) groups is 1. The molecular formula is C24H26ClN3O2S. The quantitative estimate of drug-likeness (QED) is 0.511. The largest absolute Gasteiger partial charge is 0.379 e. The monoisotopic (exact) mass is 455 g/mol. The van der Waals surface area contributed by atoms with Crippen LogP contribution in [0.1, 0.15) is 26.8 Å². The topological polar surface area (TPSA) is 53.6 Å².